The van der Waals surface area contributed by atoms with Crippen LogP contribution in [0.15, 0.2) is 29.6 Å². The highest BCUT2D eigenvalue weighted by Gasteiger charge is 2.20. The van der Waals surface area contributed by atoms with E-state index in [0.717, 1.165) is 30.4 Å². The molecule has 0 spiro atoms. The largest absolute Gasteiger partial charge is 0.497 e. The Balaban J connectivity index is 1.63. The third-order valence-corrected chi connectivity index (χ3v) is 5.33. The Hall–Kier alpha value is -1.85. The van der Waals surface area contributed by atoms with Crippen LogP contribution in [0.2, 0.25) is 0 Å². The van der Waals surface area contributed by atoms with Gasteiger partial charge in [-0.15, -0.1) is 11.3 Å². The van der Waals surface area contributed by atoms with Gasteiger partial charge in [0, 0.05) is 16.8 Å². The van der Waals surface area contributed by atoms with E-state index in [0.29, 0.717) is 5.75 Å². The molecule has 0 fully saturated rings. The van der Waals surface area contributed by atoms with Crippen LogP contribution >= 0.6 is 11.3 Å². The number of carbonyl (C=O) groups excluding carboxylic acids is 1. The predicted octanol–water partition coefficient (Wildman–Crippen LogP) is 3.10. The number of ether oxygens (including phenoxy) is 1. The highest BCUT2D eigenvalue weighted by molar-refractivity contribution is 7.10. The summed E-state index contributed by atoms with van der Waals surface area (Å²) >= 11 is 1.68. The number of hydrogen-bond donors (Lipinski definition) is 2. The first kappa shape index (κ1) is 16.0. The molecule has 122 valence electrons. The smallest absolute Gasteiger partial charge is 0.252 e. The van der Waals surface area contributed by atoms with Crippen LogP contribution in [0.5, 0.6) is 5.75 Å². The van der Waals surface area contributed by atoms with Gasteiger partial charge in [-0.25, -0.2) is 0 Å². The average Bonchev–Trinajstić information content (AvgIpc) is 3.03. The molecule has 0 saturated heterocycles. The number of benzene rings is 1. The number of aliphatic hydroxyl groups excluding tert-OH is 1. The average molecular weight is 331 g/mol. The molecule has 1 heterocycles. The van der Waals surface area contributed by atoms with Crippen molar-refractivity contribution in [2.24, 2.45) is 0 Å². The first-order valence-electron chi connectivity index (χ1n) is 7.88. The van der Waals surface area contributed by atoms with Crippen molar-refractivity contribution >= 4 is 17.2 Å². The van der Waals surface area contributed by atoms with E-state index in [1.165, 1.54) is 16.9 Å². The number of aryl methyl sites for hydroxylation is 1. The molecule has 1 atom stereocenters. The Kier molecular flexibility index (Phi) is 4.98. The first-order chi connectivity index (χ1) is 11.2. The summed E-state index contributed by atoms with van der Waals surface area (Å²) in [5, 5.41) is 15.1. The van der Waals surface area contributed by atoms with Crippen molar-refractivity contribution in [3.8, 4) is 5.75 Å². The van der Waals surface area contributed by atoms with Crippen LogP contribution in [0.1, 0.15) is 45.3 Å². The lowest BCUT2D eigenvalue weighted by molar-refractivity contribution is 0.0915. The number of fused-ring (bicyclic) bond motifs is 1. The van der Waals surface area contributed by atoms with E-state index in [9.17, 15) is 9.90 Å². The molecule has 1 unspecified atom stereocenters. The Morgan fingerprint density at radius 2 is 2.22 bits per heavy atom. The minimum absolute atomic E-state index is 0.0913. The van der Waals surface area contributed by atoms with Gasteiger partial charge in [0.15, 0.2) is 0 Å². The van der Waals surface area contributed by atoms with Crippen LogP contribution in [-0.4, -0.2) is 24.7 Å². The third kappa shape index (κ3) is 3.57. The van der Waals surface area contributed by atoms with Gasteiger partial charge >= 0.3 is 0 Å². The van der Waals surface area contributed by atoms with Gasteiger partial charge in [0.05, 0.1) is 18.8 Å². The van der Waals surface area contributed by atoms with E-state index >= 15 is 0 Å². The lowest BCUT2D eigenvalue weighted by Crippen LogP contribution is -2.29. The molecule has 3 rings (SSSR count). The van der Waals surface area contributed by atoms with Gasteiger partial charge in [-0.3, -0.25) is 4.79 Å². The maximum atomic E-state index is 12.4. The molecule has 23 heavy (non-hydrogen) atoms. The van der Waals surface area contributed by atoms with Gasteiger partial charge in [0.25, 0.3) is 5.91 Å². The van der Waals surface area contributed by atoms with Crippen molar-refractivity contribution in [1.29, 1.82) is 0 Å². The lowest BCUT2D eigenvalue weighted by Gasteiger charge is -2.15. The molecule has 4 nitrogen and oxygen atoms in total. The van der Waals surface area contributed by atoms with Crippen molar-refractivity contribution in [1.82, 2.24) is 5.32 Å². The molecular formula is C18H21NO3S. The second kappa shape index (κ2) is 7.15. The number of amides is 1. The van der Waals surface area contributed by atoms with Crippen molar-refractivity contribution in [2.75, 3.05) is 13.7 Å². The minimum atomic E-state index is -0.747. The fraction of sp³-hybridized carbons (Fsp3) is 0.389. The zero-order valence-electron chi connectivity index (χ0n) is 13.2. The second-order valence-corrected chi connectivity index (χ2v) is 6.72. The Morgan fingerprint density at radius 1 is 1.39 bits per heavy atom. The number of thiophene rings is 1. The molecule has 5 heteroatoms. The van der Waals surface area contributed by atoms with Gasteiger partial charge in [0.1, 0.15) is 5.75 Å². The van der Waals surface area contributed by atoms with E-state index < -0.39 is 6.10 Å². The standard InChI is InChI=1S/C18H21NO3S/c1-22-13-6-4-5-12(9-13)16(20)10-19-18(21)15-11-23-17-8-3-2-7-14(15)17/h4-6,9,11,16,20H,2-3,7-8,10H2,1H3,(H,19,21). The van der Waals surface area contributed by atoms with Crippen molar-refractivity contribution < 1.29 is 14.6 Å². The Bertz CT molecular complexity index is 695. The summed E-state index contributed by atoms with van der Waals surface area (Å²) in [7, 11) is 1.59. The maximum absolute atomic E-state index is 12.4. The number of rotatable bonds is 5. The molecule has 2 N–H and O–H groups in total. The van der Waals surface area contributed by atoms with Crippen LogP contribution in [0.25, 0.3) is 0 Å². The monoisotopic (exact) mass is 331 g/mol. The molecule has 0 aliphatic heterocycles. The predicted molar refractivity (Wildman–Crippen MR) is 91.2 cm³/mol. The molecule has 0 radical (unpaired) electrons. The summed E-state index contributed by atoms with van der Waals surface area (Å²) in [5.41, 5.74) is 2.72. The highest BCUT2D eigenvalue weighted by atomic mass is 32.1. The van der Waals surface area contributed by atoms with Crippen molar-refractivity contribution in [3.05, 3.63) is 51.2 Å². The van der Waals surface area contributed by atoms with E-state index in [2.05, 4.69) is 5.32 Å². The van der Waals surface area contributed by atoms with Crippen LogP contribution in [0, 0.1) is 0 Å². The van der Waals surface area contributed by atoms with E-state index in [-0.39, 0.29) is 12.5 Å². The fourth-order valence-corrected chi connectivity index (χ4v) is 4.06. The quantitative estimate of drug-likeness (QED) is 0.885. The number of aliphatic hydroxyl groups is 1. The topological polar surface area (TPSA) is 58.6 Å². The summed E-state index contributed by atoms with van der Waals surface area (Å²) in [6.07, 6.45) is 3.68. The SMILES string of the molecule is COc1cccc(C(O)CNC(=O)c2csc3c2CCCC3)c1. The molecule has 1 aliphatic carbocycles. The molecule has 2 aromatic rings. The summed E-state index contributed by atoms with van der Waals surface area (Å²) in [5.74, 6) is 0.603. The number of carbonyl (C=O) groups is 1. The molecular weight excluding hydrogens is 310 g/mol. The van der Waals surface area contributed by atoms with Gasteiger partial charge in [0.2, 0.25) is 0 Å². The van der Waals surface area contributed by atoms with Gasteiger partial charge in [-0.2, -0.15) is 0 Å². The fourth-order valence-electron chi connectivity index (χ4n) is 2.94. The van der Waals surface area contributed by atoms with Crippen LogP contribution in [0.3, 0.4) is 0 Å². The maximum Gasteiger partial charge on any atom is 0.252 e. The van der Waals surface area contributed by atoms with Crippen LogP contribution in [0.4, 0.5) is 0 Å². The zero-order valence-corrected chi connectivity index (χ0v) is 14.0. The van der Waals surface area contributed by atoms with E-state index in [4.69, 9.17) is 4.74 Å². The van der Waals surface area contributed by atoms with Gasteiger partial charge in [-0.05, 0) is 48.9 Å². The Labute approximate surface area is 140 Å². The number of methoxy groups -OCH3 is 1. The van der Waals surface area contributed by atoms with E-state index in [1.54, 1.807) is 24.5 Å². The normalized spacial score (nSPS) is 14.9. The third-order valence-electron chi connectivity index (χ3n) is 4.24. The molecule has 1 aromatic heterocycles. The molecule has 0 bridgehead atoms. The summed E-state index contributed by atoms with van der Waals surface area (Å²) in [6.45, 7) is 0.191. The molecule has 0 saturated carbocycles. The second-order valence-electron chi connectivity index (χ2n) is 5.76. The summed E-state index contributed by atoms with van der Waals surface area (Å²) in [6, 6.07) is 7.26. The summed E-state index contributed by atoms with van der Waals surface area (Å²) < 4.78 is 5.15. The molecule has 1 aliphatic rings. The van der Waals surface area contributed by atoms with E-state index in [1.807, 2.05) is 23.6 Å². The summed E-state index contributed by atoms with van der Waals surface area (Å²) in [4.78, 5) is 13.7. The zero-order chi connectivity index (χ0) is 16.2. The van der Waals surface area contributed by atoms with Gasteiger partial charge < -0.3 is 15.2 Å². The van der Waals surface area contributed by atoms with Crippen LogP contribution in [-0.2, 0) is 12.8 Å². The number of hydrogen-bond acceptors (Lipinski definition) is 4. The highest BCUT2D eigenvalue weighted by Crippen LogP contribution is 2.30. The first-order valence-corrected chi connectivity index (χ1v) is 8.76. The minimum Gasteiger partial charge on any atom is -0.497 e. The number of nitrogens with one attached hydrogen (secondary N) is 1. The molecule has 1 aromatic carbocycles. The van der Waals surface area contributed by atoms with Crippen molar-refractivity contribution in [3.63, 3.8) is 0 Å². The van der Waals surface area contributed by atoms with Gasteiger partial charge in [-0.1, -0.05) is 12.1 Å². The Morgan fingerprint density at radius 3 is 3.04 bits per heavy atom. The molecule has 1 amide bonds. The van der Waals surface area contributed by atoms with Crippen LogP contribution < -0.4 is 10.1 Å². The lowest BCUT2D eigenvalue weighted by atomic mass is 9.95. The van der Waals surface area contributed by atoms with Crippen molar-refractivity contribution in [2.45, 2.75) is 31.8 Å².